The third kappa shape index (κ3) is 2.71. The highest BCUT2D eigenvalue weighted by molar-refractivity contribution is 5.15. The second-order valence-corrected chi connectivity index (χ2v) is 4.71. The van der Waals surface area contributed by atoms with Gasteiger partial charge in [0.25, 0.3) is 0 Å². The van der Waals surface area contributed by atoms with Gasteiger partial charge in [0.2, 0.25) is 0 Å². The summed E-state index contributed by atoms with van der Waals surface area (Å²) in [6.07, 6.45) is -2.98. The number of hydrogen-bond acceptors (Lipinski definition) is 5. The summed E-state index contributed by atoms with van der Waals surface area (Å²) in [5, 5.41) is 38.3. The smallest absolute Gasteiger partial charge is 0.0992 e. The lowest BCUT2D eigenvalue weighted by atomic mass is 10.0. The second-order valence-electron chi connectivity index (χ2n) is 4.71. The molecule has 1 aliphatic rings. The zero-order valence-electron chi connectivity index (χ0n) is 10.1. The van der Waals surface area contributed by atoms with Crippen molar-refractivity contribution in [3.63, 3.8) is 0 Å². The summed E-state index contributed by atoms with van der Waals surface area (Å²) in [4.78, 5) is 1.80. The van der Waals surface area contributed by atoms with Crippen LogP contribution < -0.4 is 0 Å². The van der Waals surface area contributed by atoms with Crippen LogP contribution in [0.2, 0.25) is 0 Å². The Balaban J connectivity index is 2.11. The molecule has 1 heterocycles. The Hall–Kier alpha value is -0.980. The maximum absolute atomic E-state index is 9.84. The summed E-state index contributed by atoms with van der Waals surface area (Å²) in [6.45, 7) is 0.383. The van der Waals surface area contributed by atoms with Crippen LogP contribution in [0.15, 0.2) is 30.3 Å². The zero-order valence-corrected chi connectivity index (χ0v) is 10.1. The lowest BCUT2D eigenvalue weighted by molar-refractivity contribution is -0.0317. The van der Waals surface area contributed by atoms with Crippen molar-refractivity contribution in [2.45, 2.75) is 30.9 Å². The average molecular weight is 253 g/mol. The van der Waals surface area contributed by atoms with Crippen LogP contribution in [0, 0.1) is 0 Å². The van der Waals surface area contributed by atoms with Gasteiger partial charge in [0.1, 0.15) is 0 Å². The van der Waals surface area contributed by atoms with E-state index >= 15 is 0 Å². The highest BCUT2D eigenvalue weighted by Crippen LogP contribution is 2.23. The van der Waals surface area contributed by atoms with E-state index in [0.29, 0.717) is 6.54 Å². The highest BCUT2D eigenvalue weighted by atomic mass is 16.3. The normalized spacial score (nSPS) is 30.6. The summed E-state index contributed by atoms with van der Waals surface area (Å²) in [5.41, 5.74) is 1.04. The van der Waals surface area contributed by atoms with Crippen LogP contribution >= 0.6 is 0 Å². The molecule has 100 valence electrons. The van der Waals surface area contributed by atoms with Gasteiger partial charge >= 0.3 is 0 Å². The van der Waals surface area contributed by atoms with Crippen LogP contribution in [-0.4, -0.2) is 62.8 Å². The minimum absolute atomic E-state index is 0.289. The third-order valence-electron chi connectivity index (χ3n) is 3.40. The molecule has 0 bridgehead atoms. The van der Waals surface area contributed by atoms with Gasteiger partial charge in [-0.3, -0.25) is 4.90 Å². The van der Waals surface area contributed by atoms with Crippen LogP contribution in [0.3, 0.4) is 0 Å². The number of benzene rings is 1. The first-order valence-corrected chi connectivity index (χ1v) is 6.06. The summed E-state index contributed by atoms with van der Waals surface area (Å²) in [7, 11) is 0. The van der Waals surface area contributed by atoms with Crippen LogP contribution in [0.5, 0.6) is 0 Å². The lowest BCUT2D eigenvalue weighted by Gasteiger charge is -2.29. The Morgan fingerprint density at radius 1 is 1.22 bits per heavy atom. The average Bonchev–Trinajstić information content (AvgIpc) is 2.65. The topological polar surface area (TPSA) is 84.2 Å². The second kappa shape index (κ2) is 5.77. The minimum atomic E-state index is -1.05. The Morgan fingerprint density at radius 3 is 2.50 bits per heavy atom. The van der Waals surface area contributed by atoms with Crippen LogP contribution in [0.25, 0.3) is 0 Å². The molecule has 0 aromatic heterocycles. The van der Waals surface area contributed by atoms with Crippen molar-refractivity contribution in [3.8, 4) is 0 Å². The molecule has 2 rings (SSSR count). The van der Waals surface area contributed by atoms with E-state index in [4.69, 9.17) is 5.11 Å². The van der Waals surface area contributed by atoms with Crippen molar-refractivity contribution < 1.29 is 20.4 Å². The molecule has 1 aliphatic heterocycles. The Kier molecular flexibility index (Phi) is 4.31. The molecule has 18 heavy (non-hydrogen) atoms. The fraction of sp³-hybridized carbons (Fsp3) is 0.538. The molecule has 5 heteroatoms. The van der Waals surface area contributed by atoms with E-state index < -0.39 is 31.0 Å². The van der Waals surface area contributed by atoms with Gasteiger partial charge in [0.15, 0.2) is 0 Å². The molecule has 0 aliphatic carbocycles. The van der Waals surface area contributed by atoms with Crippen molar-refractivity contribution >= 4 is 0 Å². The number of aliphatic hydroxyl groups excluding tert-OH is 4. The number of β-amino-alcohol motifs (C(OH)–C–C–N with tert-alkyl or cyclic N) is 1. The van der Waals surface area contributed by atoms with E-state index in [1.807, 2.05) is 30.3 Å². The lowest BCUT2D eigenvalue weighted by Crippen LogP contribution is -2.46. The number of nitrogens with zero attached hydrogens (tertiary/aromatic N) is 1. The first-order valence-electron chi connectivity index (χ1n) is 6.06. The highest BCUT2D eigenvalue weighted by Gasteiger charge is 2.43. The largest absolute Gasteiger partial charge is 0.394 e. The molecule has 1 aromatic rings. The van der Waals surface area contributed by atoms with E-state index in [9.17, 15) is 15.3 Å². The fourth-order valence-corrected chi connectivity index (χ4v) is 2.48. The van der Waals surface area contributed by atoms with E-state index in [2.05, 4.69) is 0 Å². The van der Waals surface area contributed by atoms with Crippen molar-refractivity contribution in [1.29, 1.82) is 0 Å². The maximum Gasteiger partial charge on any atom is 0.0992 e. The summed E-state index contributed by atoms with van der Waals surface area (Å²) in [6, 6.07) is 8.99. The van der Waals surface area contributed by atoms with Crippen molar-refractivity contribution in [2.75, 3.05) is 13.2 Å². The molecule has 0 radical (unpaired) electrons. The molecule has 1 saturated heterocycles. The van der Waals surface area contributed by atoms with E-state index in [1.165, 1.54) is 0 Å². The molecule has 0 amide bonds. The molecule has 1 fully saturated rings. The van der Waals surface area contributed by atoms with Gasteiger partial charge in [-0.05, 0) is 5.56 Å². The maximum atomic E-state index is 9.84. The van der Waals surface area contributed by atoms with Crippen LogP contribution in [0.1, 0.15) is 5.56 Å². The molecule has 0 unspecified atom stereocenters. The standard InChI is InChI=1S/C13H19NO4/c15-8-11(17)12-13(18)10(16)7-14(12)6-9-4-2-1-3-5-9/h1-5,10-13,15-18H,6-8H2/t10-,11-,12-,13-/m1/s1. The molecule has 4 atom stereocenters. The van der Waals surface area contributed by atoms with Gasteiger partial charge in [-0.1, -0.05) is 30.3 Å². The predicted octanol–water partition coefficient (Wildman–Crippen LogP) is -1.05. The summed E-state index contributed by atoms with van der Waals surface area (Å²) >= 11 is 0. The molecule has 5 nitrogen and oxygen atoms in total. The third-order valence-corrected chi connectivity index (χ3v) is 3.40. The number of hydrogen-bond donors (Lipinski definition) is 4. The van der Waals surface area contributed by atoms with Crippen LogP contribution in [-0.2, 0) is 6.54 Å². The summed E-state index contributed by atoms with van der Waals surface area (Å²) < 4.78 is 0. The molecule has 1 aromatic carbocycles. The van der Waals surface area contributed by atoms with Crippen LogP contribution in [0.4, 0.5) is 0 Å². The van der Waals surface area contributed by atoms with Crippen molar-refractivity contribution in [2.24, 2.45) is 0 Å². The predicted molar refractivity (Wildman–Crippen MR) is 65.7 cm³/mol. The van der Waals surface area contributed by atoms with Gasteiger partial charge in [0, 0.05) is 13.1 Å². The van der Waals surface area contributed by atoms with Gasteiger partial charge in [-0.2, -0.15) is 0 Å². The molecular weight excluding hydrogens is 234 g/mol. The number of rotatable bonds is 4. The monoisotopic (exact) mass is 253 g/mol. The van der Waals surface area contributed by atoms with E-state index in [-0.39, 0.29) is 6.54 Å². The summed E-state index contributed by atoms with van der Waals surface area (Å²) in [5.74, 6) is 0. The minimum Gasteiger partial charge on any atom is -0.394 e. The van der Waals surface area contributed by atoms with Gasteiger partial charge in [0.05, 0.1) is 31.0 Å². The van der Waals surface area contributed by atoms with Gasteiger partial charge < -0.3 is 20.4 Å². The first kappa shape index (κ1) is 13.5. The number of aliphatic hydroxyl groups is 4. The van der Waals surface area contributed by atoms with E-state index in [1.54, 1.807) is 4.90 Å². The fourth-order valence-electron chi connectivity index (χ4n) is 2.48. The first-order chi connectivity index (χ1) is 8.63. The Bertz CT molecular complexity index is 373. The van der Waals surface area contributed by atoms with Crippen molar-refractivity contribution in [1.82, 2.24) is 4.90 Å². The van der Waals surface area contributed by atoms with Gasteiger partial charge in [-0.15, -0.1) is 0 Å². The zero-order chi connectivity index (χ0) is 13.1. The van der Waals surface area contributed by atoms with Gasteiger partial charge in [-0.25, -0.2) is 0 Å². The SMILES string of the molecule is OC[C@@H](O)[C@@H]1[C@H](O)[C@H](O)CN1Cc1ccccc1. The quantitative estimate of drug-likeness (QED) is 0.550. The Labute approximate surface area is 106 Å². The molecular formula is C13H19NO4. The molecule has 4 N–H and O–H groups in total. The van der Waals surface area contributed by atoms with Crippen molar-refractivity contribution in [3.05, 3.63) is 35.9 Å². The van der Waals surface area contributed by atoms with E-state index in [0.717, 1.165) is 5.56 Å². The molecule has 0 spiro atoms. The number of likely N-dealkylation sites (tertiary alicyclic amines) is 1. The Morgan fingerprint density at radius 2 is 1.89 bits per heavy atom. The molecule has 0 saturated carbocycles.